The number of aliphatic carboxylic acids is 1. The molecule has 0 fully saturated rings. The first-order chi connectivity index (χ1) is 12.2. The van der Waals surface area contributed by atoms with Crippen molar-refractivity contribution in [2.45, 2.75) is 26.2 Å². The fraction of sp³-hybridized carbons (Fsp3) is 0.238. The molecule has 0 spiro atoms. The summed E-state index contributed by atoms with van der Waals surface area (Å²) in [4.78, 5) is 23.2. The summed E-state index contributed by atoms with van der Waals surface area (Å²) < 4.78 is 5.27. The van der Waals surface area contributed by atoms with Gasteiger partial charge in [-0.25, -0.2) is 4.79 Å². The van der Waals surface area contributed by atoms with Crippen molar-refractivity contribution in [2.75, 3.05) is 12.4 Å². The van der Waals surface area contributed by atoms with E-state index in [2.05, 4.69) is 26.1 Å². The smallest absolute Gasteiger partial charge is 0.328 e. The van der Waals surface area contributed by atoms with Crippen LogP contribution in [0.2, 0.25) is 0 Å². The molecule has 0 aliphatic carbocycles. The number of carbonyl (C=O) groups is 2. The summed E-state index contributed by atoms with van der Waals surface area (Å²) >= 11 is 0. The molecule has 0 aliphatic heterocycles. The Balaban J connectivity index is 2.24. The summed E-state index contributed by atoms with van der Waals surface area (Å²) in [5.74, 6) is -0.800. The van der Waals surface area contributed by atoms with Gasteiger partial charge in [-0.05, 0) is 46.9 Å². The Morgan fingerprint density at radius 3 is 2.27 bits per heavy atom. The van der Waals surface area contributed by atoms with Crippen LogP contribution in [-0.2, 0) is 10.2 Å². The zero-order chi connectivity index (χ0) is 19.3. The molecule has 2 rings (SSSR count). The van der Waals surface area contributed by atoms with Crippen molar-refractivity contribution in [1.29, 1.82) is 0 Å². The molecular weight excluding hydrogens is 330 g/mol. The Bertz CT molecular complexity index is 830. The van der Waals surface area contributed by atoms with Crippen LogP contribution in [-0.4, -0.2) is 24.1 Å². The lowest BCUT2D eigenvalue weighted by Gasteiger charge is -2.19. The number of rotatable bonds is 5. The third-order valence-electron chi connectivity index (χ3n) is 3.90. The number of methoxy groups -OCH3 is 1. The van der Waals surface area contributed by atoms with Crippen molar-refractivity contribution in [3.05, 3.63) is 65.2 Å². The predicted octanol–water partition coefficient (Wildman–Crippen LogP) is 4.34. The van der Waals surface area contributed by atoms with Gasteiger partial charge in [0, 0.05) is 11.6 Å². The number of carboxylic acids is 1. The highest BCUT2D eigenvalue weighted by molar-refractivity contribution is 6.05. The molecule has 26 heavy (non-hydrogen) atoms. The van der Waals surface area contributed by atoms with Gasteiger partial charge in [0.2, 0.25) is 0 Å². The zero-order valence-electron chi connectivity index (χ0n) is 15.4. The Morgan fingerprint density at radius 2 is 1.73 bits per heavy atom. The van der Waals surface area contributed by atoms with Crippen LogP contribution in [0, 0.1) is 0 Å². The van der Waals surface area contributed by atoms with Gasteiger partial charge >= 0.3 is 5.97 Å². The maximum Gasteiger partial charge on any atom is 0.328 e. The Kier molecular flexibility index (Phi) is 5.82. The van der Waals surface area contributed by atoms with Crippen LogP contribution in [0.4, 0.5) is 5.69 Å². The lowest BCUT2D eigenvalue weighted by Crippen LogP contribution is -2.14. The fourth-order valence-corrected chi connectivity index (χ4v) is 2.41. The highest BCUT2D eigenvalue weighted by Crippen LogP contribution is 2.27. The van der Waals surface area contributed by atoms with Crippen molar-refractivity contribution >= 4 is 23.6 Å². The van der Waals surface area contributed by atoms with E-state index in [1.165, 1.54) is 13.2 Å². The van der Waals surface area contributed by atoms with Crippen LogP contribution >= 0.6 is 0 Å². The zero-order valence-corrected chi connectivity index (χ0v) is 15.4. The number of carboxylic acid groups (broad SMARTS) is 1. The standard InChI is InChI=1S/C21H23NO4/c1-21(2,3)16-9-7-15(8-10-16)20(25)22-17-13-14(6-12-19(23)24)5-11-18(17)26-4/h5-13H,1-4H3,(H,22,25)(H,23,24)/b12-6+. The Hall–Kier alpha value is -3.08. The Morgan fingerprint density at radius 1 is 1.08 bits per heavy atom. The summed E-state index contributed by atoms with van der Waals surface area (Å²) in [5.41, 5.74) is 2.82. The quantitative estimate of drug-likeness (QED) is 0.784. The third-order valence-corrected chi connectivity index (χ3v) is 3.90. The average molecular weight is 353 g/mol. The van der Waals surface area contributed by atoms with Gasteiger partial charge in [-0.1, -0.05) is 39.0 Å². The van der Waals surface area contributed by atoms with Gasteiger partial charge in [-0.15, -0.1) is 0 Å². The first-order valence-electron chi connectivity index (χ1n) is 8.21. The molecule has 0 atom stereocenters. The molecule has 2 aromatic rings. The molecule has 0 saturated carbocycles. The molecule has 5 heteroatoms. The van der Waals surface area contributed by atoms with E-state index in [1.54, 1.807) is 30.3 Å². The minimum Gasteiger partial charge on any atom is -0.495 e. The number of nitrogens with one attached hydrogen (secondary N) is 1. The lowest BCUT2D eigenvalue weighted by molar-refractivity contribution is -0.131. The molecule has 0 aliphatic rings. The monoisotopic (exact) mass is 353 g/mol. The molecule has 0 radical (unpaired) electrons. The highest BCUT2D eigenvalue weighted by atomic mass is 16.5. The minimum absolute atomic E-state index is 0.0169. The number of hydrogen-bond donors (Lipinski definition) is 2. The third kappa shape index (κ3) is 4.96. The van der Waals surface area contributed by atoms with E-state index in [0.29, 0.717) is 22.6 Å². The van der Waals surface area contributed by atoms with Gasteiger partial charge in [-0.3, -0.25) is 4.79 Å². The van der Waals surface area contributed by atoms with E-state index in [1.807, 2.05) is 12.1 Å². The number of benzene rings is 2. The number of amides is 1. The fourth-order valence-electron chi connectivity index (χ4n) is 2.41. The van der Waals surface area contributed by atoms with Gasteiger partial charge in [0.1, 0.15) is 5.75 Å². The maximum absolute atomic E-state index is 12.5. The van der Waals surface area contributed by atoms with Crippen LogP contribution in [0.3, 0.4) is 0 Å². The van der Waals surface area contributed by atoms with E-state index in [0.717, 1.165) is 11.6 Å². The second-order valence-electron chi connectivity index (χ2n) is 6.91. The first kappa shape index (κ1) is 19.2. The number of anilines is 1. The van der Waals surface area contributed by atoms with Gasteiger partial charge in [0.25, 0.3) is 5.91 Å². The molecule has 2 aromatic carbocycles. The molecular formula is C21H23NO4. The normalized spacial score (nSPS) is 11.4. The average Bonchev–Trinajstić information content (AvgIpc) is 2.59. The largest absolute Gasteiger partial charge is 0.495 e. The van der Waals surface area contributed by atoms with Crippen LogP contribution in [0.5, 0.6) is 5.75 Å². The van der Waals surface area contributed by atoms with Gasteiger partial charge < -0.3 is 15.2 Å². The lowest BCUT2D eigenvalue weighted by atomic mass is 9.87. The Labute approximate surface area is 153 Å². The van der Waals surface area contributed by atoms with Crippen molar-refractivity contribution in [3.8, 4) is 5.75 Å². The molecule has 0 saturated heterocycles. The molecule has 2 N–H and O–H groups in total. The number of hydrogen-bond acceptors (Lipinski definition) is 3. The van der Waals surface area contributed by atoms with Crippen molar-refractivity contribution in [3.63, 3.8) is 0 Å². The van der Waals surface area contributed by atoms with Crippen molar-refractivity contribution in [1.82, 2.24) is 0 Å². The van der Waals surface area contributed by atoms with E-state index in [9.17, 15) is 9.59 Å². The van der Waals surface area contributed by atoms with Crippen molar-refractivity contribution < 1.29 is 19.4 Å². The molecule has 0 aromatic heterocycles. The summed E-state index contributed by atoms with van der Waals surface area (Å²) in [6, 6.07) is 12.5. The number of carbonyl (C=O) groups excluding carboxylic acids is 1. The number of ether oxygens (including phenoxy) is 1. The summed E-state index contributed by atoms with van der Waals surface area (Å²) in [7, 11) is 1.51. The molecule has 0 bridgehead atoms. The first-order valence-corrected chi connectivity index (χ1v) is 8.21. The van der Waals surface area contributed by atoms with E-state index in [4.69, 9.17) is 9.84 Å². The summed E-state index contributed by atoms with van der Waals surface area (Å²) in [5, 5.41) is 11.6. The van der Waals surface area contributed by atoms with Gasteiger partial charge in [-0.2, -0.15) is 0 Å². The predicted molar refractivity (Wildman–Crippen MR) is 103 cm³/mol. The van der Waals surface area contributed by atoms with Gasteiger partial charge in [0.05, 0.1) is 12.8 Å². The van der Waals surface area contributed by atoms with Crippen LogP contribution in [0.15, 0.2) is 48.5 Å². The van der Waals surface area contributed by atoms with E-state index >= 15 is 0 Å². The molecule has 0 heterocycles. The van der Waals surface area contributed by atoms with Crippen LogP contribution in [0.25, 0.3) is 6.08 Å². The minimum atomic E-state index is -1.04. The van der Waals surface area contributed by atoms with E-state index in [-0.39, 0.29) is 11.3 Å². The molecule has 5 nitrogen and oxygen atoms in total. The molecule has 0 unspecified atom stereocenters. The topological polar surface area (TPSA) is 75.6 Å². The van der Waals surface area contributed by atoms with Crippen LogP contribution in [0.1, 0.15) is 42.3 Å². The molecule has 136 valence electrons. The molecule has 1 amide bonds. The summed E-state index contributed by atoms with van der Waals surface area (Å²) in [6.45, 7) is 6.34. The second-order valence-corrected chi connectivity index (χ2v) is 6.91. The van der Waals surface area contributed by atoms with Gasteiger partial charge in [0.15, 0.2) is 0 Å². The van der Waals surface area contributed by atoms with Crippen molar-refractivity contribution in [2.24, 2.45) is 0 Å². The second kappa shape index (κ2) is 7.87. The summed E-state index contributed by atoms with van der Waals surface area (Å²) in [6.07, 6.45) is 2.49. The maximum atomic E-state index is 12.5. The highest BCUT2D eigenvalue weighted by Gasteiger charge is 2.15. The van der Waals surface area contributed by atoms with E-state index < -0.39 is 5.97 Å². The van der Waals surface area contributed by atoms with Crippen LogP contribution < -0.4 is 10.1 Å². The SMILES string of the molecule is COc1ccc(/C=C/C(=O)O)cc1NC(=O)c1ccc(C(C)(C)C)cc1.